The van der Waals surface area contributed by atoms with E-state index in [0.29, 0.717) is 0 Å². The number of alkyl halides is 1. The second-order valence-corrected chi connectivity index (χ2v) is 5.37. The maximum atomic E-state index is 5.90. The Balaban J connectivity index is 2.37. The summed E-state index contributed by atoms with van der Waals surface area (Å²) in [5.41, 5.74) is 2.17. The van der Waals surface area contributed by atoms with Crippen molar-refractivity contribution in [3.05, 3.63) is 58.6 Å². The molecule has 0 N–H and O–H groups in total. The summed E-state index contributed by atoms with van der Waals surface area (Å²) in [5, 5.41) is 0.727. The Bertz CT molecular complexity index is 555. The minimum atomic E-state index is 0.0469. The first-order chi connectivity index (χ1) is 9.15. The van der Waals surface area contributed by atoms with Crippen molar-refractivity contribution in [1.82, 2.24) is 0 Å². The van der Waals surface area contributed by atoms with Gasteiger partial charge in [-0.05, 0) is 23.8 Å². The van der Waals surface area contributed by atoms with E-state index in [4.69, 9.17) is 21.1 Å². The summed E-state index contributed by atoms with van der Waals surface area (Å²) in [6.45, 7) is 0. The van der Waals surface area contributed by atoms with Crippen LogP contribution >= 0.6 is 27.5 Å². The zero-order chi connectivity index (χ0) is 13.8. The molecule has 100 valence electrons. The first-order valence-electron chi connectivity index (χ1n) is 5.77. The normalized spacial score (nSPS) is 12.0. The van der Waals surface area contributed by atoms with Crippen molar-refractivity contribution in [3.8, 4) is 11.5 Å². The van der Waals surface area contributed by atoms with Gasteiger partial charge in [0.05, 0.1) is 19.0 Å². The third kappa shape index (κ3) is 3.23. The molecule has 0 aromatic heterocycles. The predicted molar refractivity (Wildman–Crippen MR) is 81.8 cm³/mol. The van der Waals surface area contributed by atoms with Crippen LogP contribution in [0.25, 0.3) is 0 Å². The van der Waals surface area contributed by atoms with E-state index < -0.39 is 0 Å². The summed E-state index contributed by atoms with van der Waals surface area (Å²) < 4.78 is 10.6. The molecule has 0 radical (unpaired) electrons. The lowest BCUT2D eigenvalue weighted by atomic mass is 10.0. The topological polar surface area (TPSA) is 18.5 Å². The molecule has 2 aromatic rings. The molecule has 0 aliphatic carbocycles. The zero-order valence-corrected chi connectivity index (χ0v) is 13.0. The Labute approximate surface area is 126 Å². The highest BCUT2D eigenvalue weighted by Gasteiger charge is 2.15. The fraction of sp³-hybridized carbons (Fsp3) is 0.200. The molecular formula is C15H14BrClO2. The molecule has 0 amide bonds. The van der Waals surface area contributed by atoms with Gasteiger partial charge in [0.2, 0.25) is 0 Å². The highest BCUT2D eigenvalue weighted by Crippen LogP contribution is 2.38. The molecule has 0 aliphatic heterocycles. The largest absolute Gasteiger partial charge is 0.497 e. The van der Waals surface area contributed by atoms with Crippen molar-refractivity contribution >= 4 is 27.5 Å². The van der Waals surface area contributed by atoms with Crippen molar-refractivity contribution in [2.75, 3.05) is 14.2 Å². The Morgan fingerprint density at radius 3 is 2.26 bits per heavy atom. The number of rotatable bonds is 4. The first-order valence-corrected chi connectivity index (χ1v) is 7.06. The van der Waals surface area contributed by atoms with Crippen LogP contribution in [-0.2, 0) is 0 Å². The molecule has 1 atom stereocenters. The molecule has 0 bridgehead atoms. The van der Waals surface area contributed by atoms with E-state index in [1.54, 1.807) is 14.2 Å². The molecule has 4 heteroatoms. The Morgan fingerprint density at radius 1 is 1.00 bits per heavy atom. The van der Waals surface area contributed by atoms with Crippen molar-refractivity contribution in [1.29, 1.82) is 0 Å². The van der Waals surface area contributed by atoms with Gasteiger partial charge >= 0.3 is 0 Å². The van der Waals surface area contributed by atoms with Gasteiger partial charge in [-0.25, -0.2) is 0 Å². The molecular weight excluding hydrogens is 328 g/mol. The number of ether oxygens (including phenoxy) is 2. The summed E-state index contributed by atoms with van der Waals surface area (Å²) in [6.07, 6.45) is 0. The lowest BCUT2D eigenvalue weighted by Gasteiger charge is -2.15. The van der Waals surface area contributed by atoms with Crippen LogP contribution < -0.4 is 9.47 Å². The molecule has 0 aliphatic rings. The molecule has 2 nitrogen and oxygen atoms in total. The van der Waals surface area contributed by atoms with E-state index in [9.17, 15) is 0 Å². The molecule has 2 aromatic carbocycles. The van der Waals surface area contributed by atoms with Crippen molar-refractivity contribution < 1.29 is 9.47 Å². The van der Waals surface area contributed by atoms with Crippen LogP contribution in [-0.4, -0.2) is 14.2 Å². The number of hydrogen-bond donors (Lipinski definition) is 0. The van der Waals surface area contributed by atoms with Gasteiger partial charge in [-0.3, -0.25) is 0 Å². The lowest BCUT2D eigenvalue weighted by Crippen LogP contribution is -1.97. The maximum absolute atomic E-state index is 5.90. The van der Waals surface area contributed by atoms with Crippen LogP contribution in [0.3, 0.4) is 0 Å². The van der Waals surface area contributed by atoms with E-state index in [-0.39, 0.29) is 4.83 Å². The van der Waals surface area contributed by atoms with Crippen LogP contribution in [0.4, 0.5) is 0 Å². The molecule has 0 saturated carbocycles. The number of benzene rings is 2. The van der Waals surface area contributed by atoms with Crippen LogP contribution in [0.2, 0.25) is 5.02 Å². The van der Waals surface area contributed by atoms with E-state index in [1.165, 1.54) is 0 Å². The van der Waals surface area contributed by atoms with Gasteiger partial charge in [-0.1, -0.05) is 45.7 Å². The summed E-state index contributed by atoms with van der Waals surface area (Å²) in [5.74, 6) is 1.56. The van der Waals surface area contributed by atoms with Crippen molar-refractivity contribution in [2.45, 2.75) is 4.83 Å². The standard InChI is InChI=1S/C15H14BrClO2/c1-18-12-7-8-13(14(9-12)19-2)15(16)10-3-5-11(17)6-4-10/h3-9,15H,1-2H3. The van der Waals surface area contributed by atoms with Crippen LogP contribution in [0.15, 0.2) is 42.5 Å². The second kappa shape index (κ2) is 6.31. The van der Waals surface area contributed by atoms with Gasteiger partial charge in [0.15, 0.2) is 0 Å². The van der Waals surface area contributed by atoms with E-state index >= 15 is 0 Å². The lowest BCUT2D eigenvalue weighted by molar-refractivity contribution is 0.391. The fourth-order valence-corrected chi connectivity index (χ4v) is 2.65. The molecule has 0 spiro atoms. The van der Waals surface area contributed by atoms with Gasteiger partial charge < -0.3 is 9.47 Å². The molecule has 0 fully saturated rings. The Kier molecular flexibility index (Phi) is 4.72. The molecule has 0 saturated heterocycles. The van der Waals surface area contributed by atoms with Crippen molar-refractivity contribution in [3.63, 3.8) is 0 Å². The zero-order valence-electron chi connectivity index (χ0n) is 10.7. The Hall–Kier alpha value is -1.19. The average molecular weight is 342 g/mol. The quantitative estimate of drug-likeness (QED) is 0.741. The monoisotopic (exact) mass is 340 g/mol. The van der Waals surface area contributed by atoms with Crippen LogP contribution in [0.5, 0.6) is 11.5 Å². The molecule has 19 heavy (non-hydrogen) atoms. The number of halogens is 2. The van der Waals surface area contributed by atoms with E-state index in [1.807, 2.05) is 42.5 Å². The molecule has 1 unspecified atom stereocenters. The highest BCUT2D eigenvalue weighted by molar-refractivity contribution is 9.09. The third-order valence-electron chi connectivity index (χ3n) is 2.88. The number of methoxy groups -OCH3 is 2. The third-order valence-corrected chi connectivity index (χ3v) is 4.15. The summed E-state index contributed by atoms with van der Waals surface area (Å²) in [6, 6.07) is 13.5. The van der Waals surface area contributed by atoms with Crippen molar-refractivity contribution in [2.24, 2.45) is 0 Å². The second-order valence-electron chi connectivity index (χ2n) is 4.02. The van der Waals surface area contributed by atoms with E-state index in [2.05, 4.69) is 15.9 Å². The minimum absolute atomic E-state index is 0.0469. The van der Waals surface area contributed by atoms with Gasteiger partial charge in [-0.15, -0.1) is 0 Å². The van der Waals surface area contributed by atoms with E-state index in [0.717, 1.165) is 27.6 Å². The fourth-order valence-electron chi connectivity index (χ4n) is 1.84. The average Bonchev–Trinajstić information content (AvgIpc) is 2.46. The van der Waals surface area contributed by atoms with Gasteiger partial charge in [0, 0.05) is 16.7 Å². The van der Waals surface area contributed by atoms with Gasteiger partial charge in [0.1, 0.15) is 11.5 Å². The smallest absolute Gasteiger partial charge is 0.127 e. The Morgan fingerprint density at radius 2 is 1.68 bits per heavy atom. The summed E-state index contributed by atoms with van der Waals surface area (Å²) in [4.78, 5) is 0.0469. The minimum Gasteiger partial charge on any atom is -0.497 e. The SMILES string of the molecule is COc1ccc(C(Br)c2ccc(Cl)cc2)c(OC)c1. The van der Waals surface area contributed by atoms with Gasteiger partial charge in [0.25, 0.3) is 0 Å². The van der Waals surface area contributed by atoms with Crippen LogP contribution in [0.1, 0.15) is 16.0 Å². The summed E-state index contributed by atoms with van der Waals surface area (Å²) >= 11 is 9.60. The van der Waals surface area contributed by atoms with Gasteiger partial charge in [-0.2, -0.15) is 0 Å². The maximum Gasteiger partial charge on any atom is 0.127 e. The predicted octanol–water partition coefficient (Wildman–Crippen LogP) is 4.84. The number of hydrogen-bond acceptors (Lipinski definition) is 2. The van der Waals surface area contributed by atoms with Crippen LogP contribution in [0, 0.1) is 0 Å². The first kappa shape index (κ1) is 14.2. The molecule has 0 heterocycles. The summed E-state index contributed by atoms with van der Waals surface area (Å²) in [7, 11) is 3.29. The highest BCUT2D eigenvalue weighted by atomic mass is 79.9. The molecule has 2 rings (SSSR count).